The molecule has 0 saturated heterocycles. The number of carbonyl (C=O) groups excluding carboxylic acids is 2. The number of hydrogen-bond donors (Lipinski definition) is 3. The van der Waals surface area contributed by atoms with Crippen LogP contribution in [0.25, 0.3) is 22.2 Å². The molecule has 0 aliphatic heterocycles. The van der Waals surface area contributed by atoms with Gasteiger partial charge in [-0.05, 0) is 60.7 Å². The van der Waals surface area contributed by atoms with Crippen LogP contribution in [0.3, 0.4) is 0 Å². The van der Waals surface area contributed by atoms with Crippen LogP contribution in [0.5, 0.6) is 0 Å². The zero-order valence-electron chi connectivity index (χ0n) is 16.0. The molecule has 150 valence electrons. The minimum absolute atomic E-state index is 0.292. The summed E-state index contributed by atoms with van der Waals surface area (Å²) in [7, 11) is 1.31. The number of rotatable bonds is 4. The molecule has 2 amide bonds. The van der Waals surface area contributed by atoms with E-state index < -0.39 is 12.0 Å². The monoisotopic (exact) mass is 403 g/mol. The van der Waals surface area contributed by atoms with Gasteiger partial charge in [0.05, 0.1) is 12.7 Å². The number of aromatic nitrogens is 1. The highest BCUT2D eigenvalue weighted by Gasteiger charge is 2.09. The molecule has 0 radical (unpaired) electrons. The Morgan fingerprint density at radius 1 is 0.900 bits per heavy atom. The molecule has 7 heteroatoms. The third kappa shape index (κ3) is 4.15. The van der Waals surface area contributed by atoms with Gasteiger partial charge in [-0.25, -0.2) is 14.0 Å². The van der Waals surface area contributed by atoms with Crippen LogP contribution in [0, 0.1) is 5.82 Å². The zero-order chi connectivity index (χ0) is 21.1. The summed E-state index contributed by atoms with van der Waals surface area (Å²) < 4.78 is 18.1. The molecular formula is C23H18FN3O3. The number of esters is 1. The summed E-state index contributed by atoms with van der Waals surface area (Å²) in [5.74, 6) is -0.734. The largest absolute Gasteiger partial charge is 0.465 e. The summed E-state index contributed by atoms with van der Waals surface area (Å²) in [5, 5.41) is 6.26. The van der Waals surface area contributed by atoms with E-state index in [-0.39, 0.29) is 5.82 Å². The van der Waals surface area contributed by atoms with Gasteiger partial charge < -0.3 is 20.4 Å². The highest BCUT2D eigenvalue weighted by molar-refractivity contribution is 6.00. The van der Waals surface area contributed by atoms with Crippen LogP contribution >= 0.6 is 0 Å². The number of urea groups is 1. The van der Waals surface area contributed by atoms with Crippen LogP contribution in [-0.2, 0) is 4.74 Å². The fourth-order valence-corrected chi connectivity index (χ4v) is 3.12. The molecule has 0 bridgehead atoms. The maximum atomic E-state index is 13.4. The summed E-state index contributed by atoms with van der Waals surface area (Å²) in [6.07, 6.45) is 0. The number of methoxy groups -OCH3 is 1. The van der Waals surface area contributed by atoms with E-state index in [4.69, 9.17) is 0 Å². The van der Waals surface area contributed by atoms with Crippen LogP contribution in [0.15, 0.2) is 72.8 Å². The number of carbonyl (C=O) groups is 2. The van der Waals surface area contributed by atoms with Crippen molar-refractivity contribution in [1.29, 1.82) is 0 Å². The Morgan fingerprint density at radius 3 is 2.43 bits per heavy atom. The standard InChI is InChI=1S/C23H18FN3O3/c1-30-22(28)14-5-8-18(9-6-14)25-23(29)26-19-4-2-3-15(12-19)21-13-16-11-17(24)7-10-20(16)27-21/h2-13,27H,1H3,(H2,25,26,29). The second-order valence-electron chi connectivity index (χ2n) is 6.64. The van der Waals surface area contributed by atoms with Crippen LogP contribution in [0.4, 0.5) is 20.6 Å². The Kier molecular flexibility index (Phi) is 5.17. The Morgan fingerprint density at radius 2 is 1.67 bits per heavy atom. The Balaban J connectivity index is 1.47. The van der Waals surface area contributed by atoms with Crippen molar-refractivity contribution in [3.05, 3.63) is 84.2 Å². The molecule has 4 aromatic rings. The first kappa shape index (κ1) is 19.2. The third-order valence-electron chi connectivity index (χ3n) is 4.58. The van der Waals surface area contributed by atoms with E-state index in [1.54, 1.807) is 36.4 Å². The summed E-state index contributed by atoms with van der Waals surface area (Å²) in [6.45, 7) is 0. The highest BCUT2D eigenvalue weighted by Crippen LogP contribution is 2.26. The van der Waals surface area contributed by atoms with Crippen molar-refractivity contribution in [3.63, 3.8) is 0 Å². The number of anilines is 2. The lowest BCUT2D eigenvalue weighted by atomic mass is 10.1. The number of benzene rings is 3. The van der Waals surface area contributed by atoms with Gasteiger partial charge in [-0.15, -0.1) is 0 Å². The zero-order valence-corrected chi connectivity index (χ0v) is 16.0. The minimum atomic E-state index is -0.442. The lowest BCUT2D eigenvalue weighted by molar-refractivity contribution is 0.0600. The molecule has 4 rings (SSSR count). The van der Waals surface area contributed by atoms with Crippen molar-refractivity contribution in [1.82, 2.24) is 4.98 Å². The number of aromatic amines is 1. The average molecular weight is 403 g/mol. The third-order valence-corrected chi connectivity index (χ3v) is 4.58. The van der Waals surface area contributed by atoms with E-state index in [1.807, 2.05) is 24.3 Å². The smallest absolute Gasteiger partial charge is 0.337 e. The average Bonchev–Trinajstić information content (AvgIpc) is 3.17. The summed E-state index contributed by atoms with van der Waals surface area (Å²) >= 11 is 0. The summed E-state index contributed by atoms with van der Waals surface area (Å²) in [6, 6.07) is 19.7. The van der Waals surface area contributed by atoms with Crippen molar-refractivity contribution in [2.75, 3.05) is 17.7 Å². The lowest BCUT2D eigenvalue weighted by Crippen LogP contribution is -2.19. The SMILES string of the molecule is COC(=O)c1ccc(NC(=O)Nc2cccc(-c3cc4cc(F)ccc4[nH]3)c2)cc1. The van der Waals surface area contributed by atoms with E-state index in [0.29, 0.717) is 16.9 Å². The lowest BCUT2D eigenvalue weighted by Gasteiger charge is -2.09. The van der Waals surface area contributed by atoms with Crippen LogP contribution < -0.4 is 10.6 Å². The maximum Gasteiger partial charge on any atom is 0.337 e. The molecule has 3 N–H and O–H groups in total. The van der Waals surface area contributed by atoms with Crippen molar-refractivity contribution < 1.29 is 18.7 Å². The van der Waals surface area contributed by atoms with Gasteiger partial charge >= 0.3 is 12.0 Å². The summed E-state index contributed by atoms with van der Waals surface area (Å²) in [5.41, 5.74) is 4.03. The number of fused-ring (bicyclic) bond motifs is 1. The minimum Gasteiger partial charge on any atom is -0.465 e. The predicted molar refractivity (Wildman–Crippen MR) is 114 cm³/mol. The van der Waals surface area contributed by atoms with E-state index in [2.05, 4.69) is 20.4 Å². The molecule has 0 saturated carbocycles. The topological polar surface area (TPSA) is 83.2 Å². The van der Waals surface area contributed by atoms with Gasteiger partial charge in [0.1, 0.15) is 5.82 Å². The van der Waals surface area contributed by atoms with Crippen LogP contribution in [0.1, 0.15) is 10.4 Å². The van der Waals surface area contributed by atoms with Gasteiger partial charge in [0, 0.05) is 33.5 Å². The van der Waals surface area contributed by atoms with E-state index in [9.17, 15) is 14.0 Å². The van der Waals surface area contributed by atoms with Gasteiger partial charge in [-0.2, -0.15) is 0 Å². The first-order valence-corrected chi connectivity index (χ1v) is 9.17. The normalized spacial score (nSPS) is 10.6. The molecule has 0 aliphatic carbocycles. The van der Waals surface area contributed by atoms with Crippen molar-refractivity contribution >= 4 is 34.3 Å². The van der Waals surface area contributed by atoms with Crippen molar-refractivity contribution in [3.8, 4) is 11.3 Å². The van der Waals surface area contributed by atoms with Gasteiger partial charge in [0.15, 0.2) is 0 Å². The van der Waals surface area contributed by atoms with E-state index >= 15 is 0 Å². The Hall–Kier alpha value is -4.13. The van der Waals surface area contributed by atoms with Crippen molar-refractivity contribution in [2.24, 2.45) is 0 Å². The molecule has 6 nitrogen and oxygen atoms in total. The Labute approximate surface area is 171 Å². The number of hydrogen-bond acceptors (Lipinski definition) is 3. The first-order chi connectivity index (χ1) is 14.5. The molecule has 1 aromatic heterocycles. The quantitative estimate of drug-likeness (QED) is 0.399. The molecule has 0 atom stereocenters. The van der Waals surface area contributed by atoms with Gasteiger partial charge in [0.2, 0.25) is 0 Å². The number of H-pyrrole nitrogens is 1. The molecule has 1 heterocycles. The predicted octanol–water partition coefficient (Wildman–Crippen LogP) is 5.40. The van der Waals surface area contributed by atoms with E-state index in [1.165, 1.54) is 19.2 Å². The van der Waals surface area contributed by atoms with Crippen LogP contribution in [0.2, 0.25) is 0 Å². The van der Waals surface area contributed by atoms with Crippen LogP contribution in [-0.4, -0.2) is 24.1 Å². The molecule has 0 spiro atoms. The highest BCUT2D eigenvalue weighted by atomic mass is 19.1. The molecular weight excluding hydrogens is 385 g/mol. The molecule has 0 fully saturated rings. The fraction of sp³-hybridized carbons (Fsp3) is 0.0435. The second kappa shape index (κ2) is 8.08. The van der Waals surface area contributed by atoms with Gasteiger partial charge in [-0.3, -0.25) is 0 Å². The number of halogens is 1. The second-order valence-corrected chi connectivity index (χ2v) is 6.64. The summed E-state index contributed by atoms with van der Waals surface area (Å²) in [4.78, 5) is 27.0. The fourth-order valence-electron chi connectivity index (χ4n) is 3.12. The van der Waals surface area contributed by atoms with Gasteiger partial charge in [0.25, 0.3) is 0 Å². The molecule has 0 unspecified atom stereocenters. The van der Waals surface area contributed by atoms with Gasteiger partial charge in [-0.1, -0.05) is 12.1 Å². The first-order valence-electron chi connectivity index (χ1n) is 9.17. The molecule has 0 aliphatic rings. The molecule has 3 aromatic carbocycles. The Bertz CT molecular complexity index is 1230. The maximum absolute atomic E-state index is 13.4. The molecule has 30 heavy (non-hydrogen) atoms. The number of ether oxygens (including phenoxy) is 1. The van der Waals surface area contributed by atoms with E-state index in [0.717, 1.165) is 22.2 Å². The number of amides is 2. The van der Waals surface area contributed by atoms with Crippen molar-refractivity contribution in [2.45, 2.75) is 0 Å². The number of nitrogens with one attached hydrogen (secondary N) is 3.